The summed E-state index contributed by atoms with van der Waals surface area (Å²) in [4.78, 5) is 14.8. The number of fused-ring (bicyclic) bond motifs is 1. The zero-order valence-corrected chi connectivity index (χ0v) is 12.3. The van der Waals surface area contributed by atoms with Gasteiger partial charge in [0.1, 0.15) is 5.82 Å². The summed E-state index contributed by atoms with van der Waals surface area (Å²) < 4.78 is 14.7. The molecule has 1 saturated heterocycles. The number of rotatable bonds is 2. The molecule has 0 spiro atoms. The summed E-state index contributed by atoms with van der Waals surface area (Å²) in [5.74, 6) is -0.794. The van der Waals surface area contributed by atoms with Gasteiger partial charge in [0.25, 0.3) is 5.91 Å². The average molecular weight is 289 g/mol. The Bertz CT molecular complexity index is 714. The molecule has 1 aliphatic heterocycles. The lowest BCUT2D eigenvalue weighted by Crippen LogP contribution is -2.29. The van der Waals surface area contributed by atoms with Gasteiger partial charge in [0.05, 0.1) is 11.1 Å². The zero-order valence-electron chi connectivity index (χ0n) is 12.3. The largest absolute Gasteiger partial charge is 0.366 e. The van der Waals surface area contributed by atoms with E-state index in [9.17, 15) is 9.18 Å². The number of nitrogens with two attached hydrogens (primary N) is 1. The molecule has 1 atom stereocenters. The molecule has 2 heterocycles. The Labute approximate surface area is 122 Å². The molecule has 112 valence electrons. The summed E-state index contributed by atoms with van der Waals surface area (Å²) in [7, 11) is 0. The van der Waals surface area contributed by atoms with Crippen LogP contribution in [0.2, 0.25) is 0 Å². The van der Waals surface area contributed by atoms with E-state index in [4.69, 9.17) is 5.73 Å². The maximum absolute atomic E-state index is 14.7. The Kier molecular flexibility index (Phi) is 3.45. The number of carbonyl (C=O) groups excluding carboxylic acids is 1. The summed E-state index contributed by atoms with van der Waals surface area (Å²) in [6, 6.07) is 1.28. The van der Waals surface area contributed by atoms with E-state index >= 15 is 0 Å². The number of aryl methyl sites for hydroxylation is 2. The summed E-state index contributed by atoms with van der Waals surface area (Å²) >= 11 is 0. The van der Waals surface area contributed by atoms with Crippen molar-refractivity contribution in [1.29, 1.82) is 0 Å². The van der Waals surface area contributed by atoms with Crippen molar-refractivity contribution in [1.82, 2.24) is 10.3 Å². The molecular weight excluding hydrogens is 269 g/mol. The van der Waals surface area contributed by atoms with Gasteiger partial charge in [-0.3, -0.25) is 4.79 Å². The monoisotopic (exact) mass is 289 g/mol. The number of H-pyrrole nitrogens is 1. The highest BCUT2D eigenvalue weighted by atomic mass is 19.1. The van der Waals surface area contributed by atoms with Gasteiger partial charge in [-0.25, -0.2) is 4.39 Å². The van der Waals surface area contributed by atoms with Crippen LogP contribution in [0.5, 0.6) is 0 Å². The molecule has 2 aromatic rings. The lowest BCUT2D eigenvalue weighted by molar-refractivity contribution is 0.100. The predicted octanol–water partition coefficient (Wildman–Crippen LogP) is 2.49. The van der Waals surface area contributed by atoms with E-state index < -0.39 is 5.91 Å². The lowest BCUT2D eigenvalue weighted by atomic mass is 9.87. The molecule has 4 nitrogen and oxygen atoms in total. The van der Waals surface area contributed by atoms with Gasteiger partial charge in [-0.05, 0) is 50.8 Å². The highest BCUT2D eigenvalue weighted by molar-refractivity contribution is 6.07. The topological polar surface area (TPSA) is 70.9 Å². The van der Waals surface area contributed by atoms with Crippen LogP contribution in [0.15, 0.2) is 6.07 Å². The van der Waals surface area contributed by atoms with Crippen LogP contribution in [0.1, 0.15) is 45.9 Å². The van der Waals surface area contributed by atoms with Crippen LogP contribution in [0.25, 0.3) is 10.9 Å². The minimum absolute atomic E-state index is 0.136. The molecule has 3 rings (SSSR count). The van der Waals surface area contributed by atoms with E-state index in [0.29, 0.717) is 11.1 Å². The fourth-order valence-electron chi connectivity index (χ4n) is 3.35. The average Bonchev–Trinajstić information content (AvgIpc) is 2.75. The number of hydrogen-bond acceptors (Lipinski definition) is 2. The highest BCUT2D eigenvalue weighted by Gasteiger charge is 2.26. The minimum atomic E-state index is -0.603. The minimum Gasteiger partial charge on any atom is -0.366 e. The smallest absolute Gasteiger partial charge is 0.250 e. The van der Waals surface area contributed by atoms with Gasteiger partial charge < -0.3 is 16.0 Å². The van der Waals surface area contributed by atoms with Gasteiger partial charge in [-0.2, -0.15) is 0 Å². The summed E-state index contributed by atoms with van der Waals surface area (Å²) in [6.45, 7) is 5.64. The Balaban J connectivity index is 2.31. The molecule has 1 aromatic heterocycles. The van der Waals surface area contributed by atoms with Crippen molar-refractivity contribution in [2.24, 2.45) is 5.73 Å². The quantitative estimate of drug-likeness (QED) is 0.795. The highest BCUT2D eigenvalue weighted by Crippen LogP contribution is 2.36. The zero-order chi connectivity index (χ0) is 15.1. The number of nitrogens with one attached hydrogen (secondary N) is 2. The molecule has 0 saturated carbocycles. The van der Waals surface area contributed by atoms with Gasteiger partial charge in [0, 0.05) is 23.2 Å². The molecule has 1 amide bonds. The maximum Gasteiger partial charge on any atom is 0.250 e. The Hall–Kier alpha value is -1.88. The summed E-state index contributed by atoms with van der Waals surface area (Å²) in [6.07, 6.45) is 1.99. The number of aromatic amines is 1. The summed E-state index contributed by atoms with van der Waals surface area (Å²) in [5.41, 5.74) is 8.95. The summed E-state index contributed by atoms with van der Waals surface area (Å²) in [5, 5.41) is 4.15. The first kappa shape index (κ1) is 14.1. The number of hydrogen-bond donors (Lipinski definition) is 3. The number of aromatic nitrogens is 1. The van der Waals surface area contributed by atoms with Crippen LogP contribution in [-0.4, -0.2) is 24.0 Å². The van der Waals surface area contributed by atoms with Crippen molar-refractivity contribution in [3.8, 4) is 0 Å². The van der Waals surface area contributed by atoms with Crippen molar-refractivity contribution >= 4 is 16.8 Å². The van der Waals surface area contributed by atoms with E-state index in [0.717, 1.165) is 42.6 Å². The number of primary amides is 1. The second-order valence-corrected chi connectivity index (χ2v) is 5.85. The third-order valence-electron chi connectivity index (χ3n) is 4.54. The van der Waals surface area contributed by atoms with Crippen molar-refractivity contribution in [3.63, 3.8) is 0 Å². The van der Waals surface area contributed by atoms with Gasteiger partial charge in [0.15, 0.2) is 0 Å². The molecule has 1 fully saturated rings. The first-order valence-corrected chi connectivity index (χ1v) is 7.32. The van der Waals surface area contributed by atoms with Gasteiger partial charge in [0.2, 0.25) is 0 Å². The fraction of sp³-hybridized carbons (Fsp3) is 0.438. The molecule has 0 radical (unpaired) electrons. The van der Waals surface area contributed by atoms with Crippen LogP contribution in [-0.2, 0) is 0 Å². The number of benzene rings is 1. The Morgan fingerprint density at radius 2 is 2.19 bits per heavy atom. The third-order valence-corrected chi connectivity index (χ3v) is 4.54. The van der Waals surface area contributed by atoms with Crippen LogP contribution in [0.4, 0.5) is 4.39 Å². The van der Waals surface area contributed by atoms with Gasteiger partial charge in [-0.1, -0.05) is 0 Å². The van der Waals surface area contributed by atoms with Crippen molar-refractivity contribution < 1.29 is 9.18 Å². The second kappa shape index (κ2) is 5.15. The third kappa shape index (κ3) is 2.21. The number of carbonyl (C=O) groups is 1. The normalized spacial score (nSPS) is 19.1. The molecule has 4 N–H and O–H groups in total. The maximum atomic E-state index is 14.7. The standard InChI is InChI=1S/C16H20FN3O/c1-8-9(2)20-15-11(16(18)21)6-12(17)14(13(8)15)10-4-3-5-19-7-10/h6,10,19-20H,3-5,7H2,1-2H3,(H2,18,21)/t10-/m0/s1. The molecule has 0 aliphatic carbocycles. The molecule has 1 aromatic carbocycles. The van der Waals surface area contributed by atoms with Crippen molar-refractivity contribution in [2.45, 2.75) is 32.6 Å². The van der Waals surface area contributed by atoms with E-state index in [1.807, 2.05) is 13.8 Å². The van der Waals surface area contributed by atoms with E-state index in [1.165, 1.54) is 6.07 Å². The van der Waals surface area contributed by atoms with Crippen molar-refractivity contribution in [2.75, 3.05) is 13.1 Å². The van der Waals surface area contributed by atoms with Crippen molar-refractivity contribution in [3.05, 3.63) is 34.3 Å². The predicted molar refractivity (Wildman–Crippen MR) is 81.1 cm³/mol. The van der Waals surface area contributed by atoms with Crippen LogP contribution >= 0.6 is 0 Å². The number of halogens is 1. The van der Waals surface area contributed by atoms with Crippen LogP contribution in [0, 0.1) is 19.7 Å². The first-order valence-electron chi connectivity index (χ1n) is 7.32. The van der Waals surface area contributed by atoms with Gasteiger partial charge >= 0.3 is 0 Å². The number of amides is 1. The van der Waals surface area contributed by atoms with E-state index in [1.54, 1.807) is 0 Å². The van der Waals surface area contributed by atoms with Crippen LogP contribution in [0.3, 0.4) is 0 Å². The second-order valence-electron chi connectivity index (χ2n) is 5.85. The van der Waals surface area contributed by atoms with Gasteiger partial charge in [-0.15, -0.1) is 0 Å². The molecule has 0 unspecified atom stereocenters. The van der Waals surface area contributed by atoms with E-state index in [-0.39, 0.29) is 17.3 Å². The lowest BCUT2D eigenvalue weighted by Gasteiger charge is -2.25. The molecular formula is C16H20FN3O. The SMILES string of the molecule is Cc1[nH]c2c(C(N)=O)cc(F)c([C@H]3CCCNC3)c2c1C. The number of piperidine rings is 1. The fourth-order valence-corrected chi connectivity index (χ4v) is 3.35. The molecule has 5 heteroatoms. The molecule has 0 bridgehead atoms. The van der Waals surface area contributed by atoms with E-state index in [2.05, 4.69) is 10.3 Å². The molecule has 21 heavy (non-hydrogen) atoms. The van der Waals surface area contributed by atoms with Crippen LogP contribution < -0.4 is 11.1 Å². The first-order chi connectivity index (χ1) is 10.0. The molecule has 1 aliphatic rings. The Morgan fingerprint density at radius 1 is 1.43 bits per heavy atom. The Morgan fingerprint density at radius 3 is 2.81 bits per heavy atom.